The van der Waals surface area contributed by atoms with E-state index >= 15 is 0 Å². The third-order valence-electron chi connectivity index (χ3n) is 4.20. The number of hydrogen-bond donors (Lipinski definition) is 1. The molecule has 1 N–H and O–H groups in total. The Balaban J connectivity index is 0.00000176. The van der Waals surface area contributed by atoms with Crippen molar-refractivity contribution in [3.8, 4) is 0 Å². The summed E-state index contributed by atoms with van der Waals surface area (Å²) in [5, 5.41) is 7.85. The average Bonchev–Trinajstić information content (AvgIpc) is 2.79. The summed E-state index contributed by atoms with van der Waals surface area (Å²) in [5.74, 6) is 1.31. The minimum atomic E-state index is -0.0240. The van der Waals surface area contributed by atoms with Gasteiger partial charge in [0.05, 0.1) is 6.54 Å². The molecule has 22 heavy (non-hydrogen) atoms. The number of nitrogens with zero attached hydrogens (tertiary/aromatic N) is 3. The Morgan fingerprint density at radius 2 is 1.86 bits per heavy atom. The molecule has 1 aliphatic heterocycles. The van der Waals surface area contributed by atoms with Crippen molar-refractivity contribution in [2.24, 2.45) is 7.05 Å². The second-order valence-electron chi connectivity index (χ2n) is 5.86. The van der Waals surface area contributed by atoms with Crippen LogP contribution in [0.1, 0.15) is 35.7 Å². The first-order valence-electron chi connectivity index (χ1n) is 7.55. The Morgan fingerprint density at radius 3 is 2.50 bits per heavy atom. The van der Waals surface area contributed by atoms with Crippen LogP contribution >= 0.6 is 12.4 Å². The van der Waals surface area contributed by atoms with Gasteiger partial charge in [0.2, 0.25) is 0 Å². The fraction of sp³-hybridized carbons (Fsp3) is 0.500. The second kappa shape index (κ2) is 7.11. The van der Waals surface area contributed by atoms with E-state index in [-0.39, 0.29) is 18.1 Å². The average molecular weight is 323 g/mol. The fourth-order valence-corrected chi connectivity index (χ4v) is 2.93. The van der Waals surface area contributed by atoms with Crippen LogP contribution in [0.4, 0.5) is 0 Å². The predicted octanol–water partition coefficient (Wildman–Crippen LogP) is 1.83. The number of rotatable bonds is 3. The third-order valence-corrected chi connectivity index (χ3v) is 4.20. The highest BCUT2D eigenvalue weighted by Gasteiger charge is 2.23. The Hall–Kier alpha value is -1.59. The second-order valence-corrected chi connectivity index (χ2v) is 5.86. The molecule has 1 fully saturated rings. The van der Waals surface area contributed by atoms with Gasteiger partial charge < -0.3 is 5.32 Å². The first-order valence-corrected chi connectivity index (χ1v) is 7.55. The number of aryl methyl sites for hydroxylation is 2. The zero-order valence-electron chi connectivity index (χ0n) is 13.1. The Kier molecular flexibility index (Phi) is 5.42. The predicted molar refractivity (Wildman–Crippen MR) is 89.8 cm³/mol. The van der Waals surface area contributed by atoms with Crippen LogP contribution in [0.25, 0.3) is 0 Å². The molecule has 2 heterocycles. The smallest absolute Gasteiger partial charge is 0.317 e. The molecule has 1 saturated heterocycles. The van der Waals surface area contributed by atoms with Crippen LogP contribution in [0, 0.1) is 6.92 Å². The van der Waals surface area contributed by atoms with Crippen LogP contribution < -0.4 is 11.0 Å². The largest absolute Gasteiger partial charge is 0.345 e. The summed E-state index contributed by atoms with van der Waals surface area (Å²) in [7, 11) is 1.73. The lowest BCUT2D eigenvalue weighted by molar-refractivity contribution is 0.431. The number of hydrogen-bond acceptors (Lipinski definition) is 3. The van der Waals surface area contributed by atoms with Crippen molar-refractivity contribution in [3.63, 3.8) is 0 Å². The van der Waals surface area contributed by atoms with Gasteiger partial charge >= 0.3 is 5.69 Å². The van der Waals surface area contributed by atoms with E-state index in [9.17, 15) is 4.79 Å². The van der Waals surface area contributed by atoms with Gasteiger partial charge in [0.1, 0.15) is 5.82 Å². The molecule has 0 aliphatic carbocycles. The molecule has 0 radical (unpaired) electrons. The standard InChI is InChI=1S/C16H22N4O.ClH/c1-12-3-5-13(6-4-12)11-20-15(18-19(2)16(20)21)14-7-9-17-10-8-14;/h3-6,14,17H,7-11H2,1-2H3;1H. The van der Waals surface area contributed by atoms with E-state index in [1.807, 2.05) is 4.57 Å². The van der Waals surface area contributed by atoms with E-state index in [2.05, 4.69) is 41.6 Å². The maximum atomic E-state index is 12.4. The summed E-state index contributed by atoms with van der Waals surface area (Å²) in [5.41, 5.74) is 2.35. The third kappa shape index (κ3) is 3.42. The molecule has 1 aliphatic rings. The molecule has 0 bridgehead atoms. The van der Waals surface area contributed by atoms with Crippen LogP contribution in [0.15, 0.2) is 29.1 Å². The van der Waals surface area contributed by atoms with Crippen molar-refractivity contribution >= 4 is 12.4 Å². The molecule has 3 rings (SSSR count). The molecule has 5 nitrogen and oxygen atoms in total. The molecule has 120 valence electrons. The molecular formula is C16H23ClN4O. The first kappa shape index (κ1) is 16.8. The van der Waals surface area contributed by atoms with E-state index in [0.29, 0.717) is 12.5 Å². The molecule has 0 unspecified atom stereocenters. The minimum absolute atomic E-state index is 0. The molecule has 6 heteroatoms. The monoisotopic (exact) mass is 322 g/mol. The van der Waals surface area contributed by atoms with Crippen LogP contribution in [0.5, 0.6) is 0 Å². The molecule has 0 amide bonds. The van der Waals surface area contributed by atoms with Gasteiger partial charge in [-0.2, -0.15) is 5.10 Å². The molecule has 0 saturated carbocycles. The van der Waals surface area contributed by atoms with Crippen molar-refractivity contribution in [2.75, 3.05) is 13.1 Å². The van der Waals surface area contributed by atoms with Gasteiger partial charge in [-0.25, -0.2) is 9.48 Å². The highest BCUT2D eigenvalue weighted by atomic mass is 35.5. The molecule has 1 aromatic carbocycles. The Bertz CT molecular complexity index is 668. The normalized spacial score (nSPS) is 15.5. The molecule has 2 aromatic rings. The van der Waals surface area contributed by atoms with E-state index < -0.39 is 0 Å². The summed E-state index contributed by atoms with van der Waals surface area (Å²) >= 11 is 0. The van der Waals surface area contributed by atoms with E-state index in [4.69, 9.17) is 0 Å². The number of nitrogens with one attached hydrogen (secondary N) is 1. The zero-order valence-corrected chi connectivity index (χ0v) is 13.9. The molecule has 1 aromatic heterocycles. The van der Waals surface area contributed by atoms with Gasteiger partial charge in [-0.1, -0.05) is 29.8 Å². The topological polar surface area (TPSA) is 51.9 Å². The molecular weight excluding hydrogens is 300 g/mol. The maximum absolute atomic E-state index is 12.4. The van der Waals surface area contributed by atoms with Gasteiger partial charge in [-0.15, -0.1) is 12.4 Å². The lowest BCUT2D eigenvalue weighted by atomic mass is 9.97. The van der Waals surface area contributed by atoms with Gasteiger partial charge in [-0.05, 0) is 38.4 Å². The van der Waals surface area contributed by atoms with Gasteiger partial charge in [-0.3, -0.25) is 4.57 Å². The number of aromatic nitrogens is 3. The minimum Gasteiger partial charge on any atom is -0.317 e. The molecule has 0 spiro atoms. The highest BCUT2D eigenvalue weighted by molar-refractivity contribution is 5.85. The molecule has 0 atom stereocenters. The highest BCUT2D eigenvalue weighted by Crippen LogP contribution is 2.23. The van der Waals surface area contributed by atoms with Crippen LogP contribution in [0.3, 0.4) is 0 Å². The lowest BCUT2D eigenvalue weighted by Gasteiger charge is -2.22. The summed E-state index contributed by atoms with van der Waals surface area (Å²) in [6, 6.07) is 8.34. The summed E-state index contributed by atoms with van der Waals surface area (Å²) in [4.78, 5) is 12.4. The van der Waals surface area contributed by atoms with Crippen molar-refractivity contribution < 1.29 is 0 Å². The maximum Gasteiger partial charge on any atom is 0.345 e. The zero-order chi connectivity index (χ0) is 14.8. The lowest BCUT2D eigenvalue weighted by Crippen LogP contribution is -2.30. The Morgan fingerprint density at radius 1 is 1.23 bits per heavy atom. The van der Waals surface area contributed by atoms with Crippen LogP contribution in [0.2, 0.25) is 0 Å². The van der Waals surface area contributed by atoms with E-state index in [0.717, 1.165) is 37.3 Å². The summed E-state index contributed by atoms with van der Waals surface area (Å²) in [6.07, 6.45) is 2.09. The summed E-state index contributed by atoms with van der Waals surface area (Å²) in [6.45, 7) is 4.67. The first-order chi connectivity index (χ1) is 10.1. The number of halogens is 1. The summed E-state index contributed by atoms with van der Waals surface area (Å²) < 4.78 is 3.30. The van der Waals surface area contributed by atoms with Crippen molar-refractivity contribution in [1.29, 1.82) is 0 Å². The SMILES string of the molecule is Cc1ccc(Cn2c(C3CCNCC3)nn(C)c2=O)cc1.Cl. The van der Waals surface area contributed by atoms with E-state index in [1.165, 1.54) is 10.2 Å². The van der Waals surface area contributed by atoms with Crippen LogP contribution in [-0.2, 0) is 13.6 Å². The van der Waals surface area contributed by atoms with Crippen molar-refractivity contribution in [3.05, 3.63) is 51.7 Å². The number of piperidine rings is 1. The van der Waals surface area contributed by atoms with Gasteiger partial charge in [0.25, 0.3) is 0 Å². The number of benzene rings is 1. The van der Waals surface area contributed by atoms with Crippen LogP contribution in [-0.4, -0.2) is 27.4 Å². The Labute approximate surface area is 136 Å². The van der Waals surface area contributed by atoms with Crippen molar-refractivity contribution in [2.45, 2.75) is 32.2 Å². The fourth-order valence-electron chi connectivity index (χ4n) is 2.93. The quantitative estimate of drug-likeness (QED) is 0.938. The van der Waals surface area contributed by atoms with Crippen molar-refractivity contribution in [1.82, 2.24) is 19.7 Å². The van der Waals surface area contributed by atoms with Gasteiger partial charge in [0.15, 0.2) is 0 Å². The van der Waals surface area contributed by atoms with E-state index in [1.54, 1.807) is 7.05 Å². The van der Waals surface area contributed by atoms with Gasteiger partial charge in [0, 0.05) is 13.0 Å².